The molecule has 0 aliphatic carbocycles. The van der Waals surface area contributed by atoms with E-state index in [2.05, 4.69) is 197 Å². The Hall–Kier alpha value is -11.8. The highest BCUT2D eigenvalue weighted by Gasteiger charge is 2.28. The van der Waals surface area contributed by atoms with Crippen LogP contribution >= 0.6 is 63.2 Å². The minimum absolute atomic E-state index is 0. The number of pyridine rings is 5. The Kier molecular flexibility index (Phi) is 49.4. The molecule has 0 spiro atoms. The number of aryl methyl sites for hydroxylation is 1. The molecule has 7 heterocycles. The molecule has 5 aromatic heterocycles. The van der Waals surface area contributed by atoms with Crippen LogP contribution in [0.2, 0.25) is 0 Å². The molecular weight excluding hydrogens is 2000 g/mol. The number of anilines is 5. The molecule has 0 saturated carbocycles. The molecule has 0 bridgehead atoms. The fourth-order valence-electron chi connectivity index (χ4n) is 13.5. The van der Waals surface area contributed by atoms with Gasteiger partial charge in [-0.3, -0.25) is 24.6 Å². The molecule has 12 aromatic rings. The maximum atomic E-state index is 11.9. The topological polar surface area (TPSA) is 357 Å². The van der Waals surface area contributed by atoms with Crippen molar-refractivity contribution >= 4 is 179 Å². The van der Waals surface area contributed by atoms with Crippen molar-refractivity contribution in [2.75, 3.05) is 122 Å². The quantitative estimate of drug-likeness (QED) is 0.00530. The van der Waals surface area contributed by atoms with Crippen LogP contribution in [0.1, 0.15) is 110 Å². The van der Waals surface area contributed by atoms with Gasteiger partial charge in [-0.15, -0.1) is 53.7 Å². The molecule has 2 fully saturated rings. The van der Waals surface area contributed by atoms with E-state index in [9.17, 15) is 29.1 Å². The molecule has 14 rings (SSSR count). The summed E-state index contributed by atoms with van der Waals surface area (Å²) in [5.41, 5.74) is 13.9. The van der Waals surface area contributed by atoms with E-state index in [0.29, 0.717) is 29.1 Å². The third-order valence-corrected chi connectivity index (χ3v) is 22.7. The number of hydroxylamine groups is 1. The number of terminal acetylenes is 1. The van der Waals surface area contributed by atoms with Crippen LogP contribution < -0.4 is 42.0 Å². The van der Waals surface area contributed by atoms with Gasteiger partial charge >= 0.3 is 27.1 Å². The molecule has 9 N–H and O–H groups in total. The summed E-state index contributed by atoms with van der Waals surface area (Å²) in [5.74, 6) is 12.9. The number of benzene rings is 7. The number of aromatic nitrogens is 5. The maximum Gasteiger partial charge on any atom is 0.369 e. The fraction of sp³-hybridized carbons (Fsp3) is 0.365. The number of phenols is 1. The standard InChI is InChI=1S/C27H30N4O3.C16H20N2O3.C16H20N2O2.C15H18N2O3.C13H15NO.C10H10N2O.C6H11BrO2.CH4.BBr3/c1-19(2)26(27(32)30-33)29-25-16-24-15-21(9-10-23(24)17-28-25)6-3-20-4-7-22(8-5-20)18-31-11-13-34-14-12-31;1-10(2)15(16(19)21-4)18-14-8-12-7-13(20-3)6-5-11(12)9-17-14;1-10(2)15(16(19)20-4)18-14-8-13-7-11(3)5-6-12(13)9-17-14;1-9(2)14(15(19)20-3)17-13-7-11-6-12(18)5-4-10(11)8-16-13;1-2-12-3-5-13(6-4-12)11-14-7-9-15-10-8-14;1-13-9-3-2-7-6-12-10(11)5-8(7)4-9;1-4(2)5(7)6(8)9-3;;2-1(3)4/h4-5,7-10,15-17,19,26,33H,11-14,18H2,1-2H3,(H,28,29)(H,30,32);5-10,15H,1-4H3,(H,17,18);5-10,15H,1-4H3,(H,17,18);4-9,14,18H,1-3H3,(H,16,17);1,3-6H,7-11H2;2-6H,1H3,(H2,11,12);4-5H,1-3H3;1H4;. The molecule has 28 nitrogen and oxygen atoms in total. The normalized spacial score (nSPS) is 13.2. The predicted molar refractivity (Wildman–Crippen MR) is 565 cm³/mol. The Balaban J connectivity index is 0.000000251. The van der Waals surface area contributed by atoms with Crippen molar-refractivity contribution in [3.63, 3.8) is 0 Å². The Morgan fingerprint density at radius 2 is 0.759 bits per heavy atom. The van der Waals surface area contributed by atoms with Crippen molar-refractivity contribution < 1.29 is 72.2 Å². The first-order valence-corrected chi connectivity index (χ1v) is 47.9. The minimum Gasteiger partial charge on any atom is -0.508 e. The van der Waals surface area contributed by atoms with Gasteiger partial charge in [0.15, 0.2) is 0 Å². The van der Waals surface area contributed by atoms with Crippen LogP contribution in [0.15, 0.2) is 201 Å². The number of aromatic hydroxyl groups is 1. The third-order valence-electron chi connectivity index (χ3n) is 21.3. The summed E-state index contributed by atoms with van der Waals surface area (Å²) in [6.07, 6.45) is 14.1. The van der Waals surface area contributed by atoms with E-state index >= 15 is 0 Å². The van der Waals surface area contributed by atoms with Crippen molar-refractivity contribution in [1.29, 1.82) is 0 Å². The molecule has 5 unspecified atom stereocenters. The number of hydrogen-bond acceptors (Lipinski definition) is 27. The molecule has 730 valence electrons. The molecule has 2 aliphatic rings. The predicted octanol–water partition coefficient (Wildman–Crippen LogP) is 19.7. The molecule has 2 saturated heterocycles. The number of nitrogens with two attached hydrogens (primary N) is 1. The summed E-state index contributed by atoms with van der Waals surface area (Å²) in [7, 11) is 8.82. The van der Waals surface area contributed by atoms with Gasteiger partial charge in [-0.2, -0.15) is 0 Å². The minimum atomic E-state index is -0.593. The van der Waals surface area contributed by atoms with E-state index in [0.717, 1.165) is 148 Å². The highest BCUT2D eigenvalue weighted by molar-refractivity contribution is 9.69. The summed E-state index contributed by atoms with van der Waals surface area (Å²) >= 11 is 12.5. The number of nitrogens with one attached hydrogen (secondary N) is 5. The molecule has 137 heavy (non-hydrogen) atoms. The number of carbonyl (C=O) groups excluding carboxylic acids is 5. The summed E-state index contributed by atoms with van der Waals surface area (Å²) in [6.45, 7) is 30.7. The zero-order valence-electron chi connectivity index (χ0n) is 80.0. The van der Waals surface area contributed by atoms with Crippen LogP contribution in [0, 0.1) is 60.7 Å². The van der Waals surface area contributed by atoms with Gasteiger partial charge in [0.2, 0.25) is 0 Å². The van der Waals surface area contributed by atoms with Crippen molar-refractivity contribution in [3.05, 3.63) is 234 Å². The zero-order chi connectivity index (χ0) is 99.5. The van der Waals surface area contributed by atoms with Crippen LogP contribution in [0.3, 0.4) is 0 Å². The SMILES string of the molecule is BrB(Br)Br.C.C#Cc1ccc(CN2CCOCC2)cc1.CC(C)C(Nc1cc2cc(C#Cc3ccc(CN4CCOCC4)cc3)ccc2cn1)C(=O)NO.COC(=O)C(Br)C(C)C.COC(=O)C(Nc1cc2cc(C)ccc2cn1)C(C)C.COC(=O)C(Nc1cc2cc(O)ccc2cn1)C(C)C.COC(=O)C(Nc1cc2cc(OC)ccc2cn1)C(C)C.COc1ccc2cnc(N)cc2c1. The summed E-state index contributed by atoms with van der Waals surface area (Å²) in [6, 6.07) is 52.9. The Bertz CT molecular complexity index is 5830. The van der Waals surface area contributed by atoms with Gasteiger partial charge in [0.25, 0.3) is 5.91 Å². The molecule has 33 heteroatoms. The van der Waals surface area contributed by atoms with Gasteiger partial charge in [-0.05, 0) is 196 Å². The van der Waals surface area contributed by atoms with Crippen LogP contribution in [0.25, 0.3) is 53.9 Å². The average molecular weight is 2130 g/mol. The van der Waals surface area contributed by atoms with Crippen LogP contribution in [0.5, 0.6) is 17.2 Å². The molecule has 0 radical (unpaired) electrons. The fourth-order valence-corrected chi connectivity index (χ4v) is 13.7. The molecule has 7 aromatic carbocycles. The van der Waals surface area contributed by atoms with Crippen LogP contribution in [-0.4, -0.2) is 202 Å². The second kappa shape index (κ2) is 59.4. The number of nitrogen functional groups attached to an aromatic ring is 1. The van der Waals surface area contributed by atoms with E-state index < -0.39 is 30.1 Å². The highest BCUT2D eigenvalue weighted by Crippen LogP contribution is 2.29. The van der Waals surface area contributed by atoms with Crippen molar-refractivity contribution in [1.82, 2.24) is 40.2 Å². The number of phenolic OH excluding ortho intramolecular Hbond substituents is 1. The smallest absolute Gasteiger partial charge is 0.369 e. The largest absolute Gasteiger partial charge is 0.508 e. The molecule has 1 amide bonds. The van der Waals surface area contributed by atoms with Gasteiger partial charge in [-0.1, -0.05) is 164 Å². The lowest BCUT2D eigenvalue weighted by Crippen LogP contribution is -2.41. The summed E-state index contributed by atoms with van der Waals surface area (Å²) in [4.78, 5) is 83.9. The van der Waals surface area contributed by atoms with Gasteiger partial charge < -0.3 is 70.0 Å². The number of rotatable bonds is 24. The molecule has 5 atom stereocenters. The number of hydrogen-bond donors (Lipinski definition) is 8. The Morgan fingerprint density at radius 1 is 0.431 bits per heavy atom. The zero-order valence-corrected chi connectivity index (χ0v) is 86.3. The highest BCUT2D eigenvalue weighted by atomic mass is 79.9. The number of methoxy groups -OCH3 is 6. The molecule has 2 aliphatic heterocycles. The lowest BCUT2D eigenvalue weighted by Gasteiger charge is -2.26. The summed E-state index contributed by atoms with van der Waals surface area (Å²) < 4.78 is 40.2. The lowest BCUT2D eigenvalue weighted by molar-refractivity contribution is -0.143. The first-order chi connectivity index (χ1) is 65.1. The number of fused-ring (bicyclic) bond motifs is 5. The number of amides is 1. The lowest BCUT2D eigenvalue weighted by atomic mass is 10.0. The number of ether oxygens (including phenoxy) is 8. The number of halogens is 4. The first-order valence-electron chi connectivity index (χ1n) is 44.2. The Morgan fingerprint density at radius 3 is 1.12 bits per heavy atom. The van der Waals surface area contributed by atoms with Gasteiger partial charge in [-0.25, -0.2) is 44.8 Å². The van der Waals surface area contributed by atoms with Gasteiger partial charge in [0.05, 0.1) is 69.1 Å². The second-order valence-electron chi connectivity index (χ2n) is 33.2. The number of carbonyl (C=O) groups is 5. The van der Waals surface area contributed by atoms with Gasteiger partial charge in [0.1, 0.15) is 75.3 Å². The van der Waals surface area contributed by atoms with E-state index in [4.69, 9.17) is 50.5 Å². The van der Waals surface area contributed by atoms with E-state index in [-0.39, 0.29) is 74.7 Å². The Labute approximate surface area is 838 Å². The van der Waals surface area contributed by atoms with E-state index in [1.807, 2.05) is 172 Å². The van der Waals surface area contributed by atoms with Crippen molar-refractivity contribution in [2.24, 2.45) is 29.6 Å². The maximum absolute atomic E-state index is 11.9. The first kappa shape index (κ1) is 114. The monoisotopic (exact) mass is 2130 g/mol. The number of alkyl halides is 1. The number of esters is 4. The second-order valence-corrected chi connectivity index (χ2v) is 40.7. The average Bonchev–Trinajstić information content (AvgIpc) is 0.839. The number of morpholine rings is 2. The summed E-state index contributed by atoms with van der Waals surface area (Å²) in [5, 5.41) is 41.0. The van der Waals surface area contributed by atoms with E-state index in [1.165, 1.54) is 45.1 Å². The van der Waals surface area contributed by atoms with Gasteiger partial charge in [0, 0.05) is 114 Å². The van der Waals surface area contributed by atoms with Crippen LogP contribution in [0.4, 0.5) is 29.1 Å². The van der Waals surface area contributed by atoms with Crippen molar-refractivity contribution in [3.8, 4) is 41.4 Å². The number of nitrogens with zero attached hydrogens (tertiary/aromatic N) is 7. The van der Waals surface area contributed by atoms with E-state index in [1.54, 1.807) is 68.8 Å². The molecular formula is C104H128BBr4N13O15. The third kappa shape index (κ3) is 38.6. The van der Waals surface area contributed by atoms with Crippen LogP contribution in [-0.2, 0) is 65.5 Å². The van der Waals surface area contributed by atoms with Crippen molar-refractivity contribution in [2.45, 2.75) is 126 Å².